The minimum absolute atomic E-state index is 0.0162. The molecule has 0 aromatic carbocycles. The maximum absolute atomic E-state index is 5.95. The van der Waals surface area contributed by atoms with E-state index in [2.05, 4.69) is 0 Å². The Hall–Kier alpha value is -0.310. The molecule has 66 valence electrons. The topological polar surface area (TPSA) is 18.5 Å². The van der Waals surface area contributed by atoms with Crippen molar-refractivity contribution >= 4 is 11.6 Å². The lowest BCUT2D eigenvalue weighted by molar-refractivity contribution is -0.139. The van der Waals surface area contributed by atoms with Crippen molar-refractivity contribution in [3.05, 3.63) is 23.3 Å². The SMILES string of the molecule is CC1(C)O[C@H]2C=CC=C(Cl)[C@H]2O1. The molecule has 2 rings (SSSR count). The van der Waals surface area contributed by atoms with Gasteiger partial charge in [-0.3, -0.25) is 0 Å². The molecule has 1 heterocycles. The summed E-state index contributed by atoms with van der Waals surface area (Å²) < 4.78 is 11.2. The average Bonchev–Trinajstić information content (AvgIpc) is 2.25. The molecule has 1 saturated heterocycles. The quantitative estimate of drug-likeness (QED) is 0.578. The average molecular weight is 187 g/mol. The predicted molar refractivity (Wildman–Crippen MR) is 46.9 cm³/mol. The lowest BCUT2D eigenvalue weighted by Gasteiger charge is -2.16. The highest BCUT2D eigenvalue weighted by Gasteiger charge is 2.42. The maximum Gasteiger partial charge on any atom is 0.164 e. The lowest BCUT2D eigenvalue weighted by Crippen LogP contribution is -2.22. The van der Waals surface area contributed by atoms with E-state index in [9.17, 15) is 0 Å². The molecule has 2 nitrogen and oxygen atoms in total. The van der Waals surface area contributed by atoms with Gasteiger partial charge in [-0.25, -0.2) is 0 Å². The summed E-state index contributed by atoms with van der Waals surface area (Å²) in [6.07, 6.45) is 5.58. The minimum Gasteiger partial charge on any atom is -0.340 e. The van der Waals surface area contributed by atoms with Gasteiger partial charge in [-0.05, 0) is 19.9 Å². The summed E-state index contributed by atoms with van der Waals surface area (Å²) in [5, 5.41) is 0.716. The molecule has 0 amide bonds. The van der Waals surface area contributed by atoms with Gasteiger partial charge in [-0.2, -0.15) is 0 Å². The van der Waals surface area contributed by atoms with E-state index in [0.717, 1.165) is 0 Å². The van der Waals surface area contributed by atoms with Crippen molar-refractivity contribution in [2.24, 2.45) is 0 Å². The van der Waals surface area contributed by atoms with Gasteiger partial charge in [-0.1, -0.05) is 23.8 Å². The van der Waals surface area contributed by atoms with Crippen LogP contribution in [0.3, 0.4) is 0 Å². The highest BCUT2D eigenvalue weighted by Crippen LogP contribution is 2.35. The van der Waals surface area contributed by atoms with E-state index in [4.69, 9.17) is 21.1 Å². The molecule has 1 fully saturated rings. The normalized spacial score (nSPS) is 37.8. The van der Waals surface area contributed by atoms with Crippen molar-refractivity contribution in [3.63, 3.8) is 0 Å². The van der Waals surface area contributed by atoms with Crippen molar-refractivity contribution in [2.45, 2.75) is 31.8 Å². The predicted octanol–water partition coefficient (Wildman–Crippen LogP) is 2.20. The van der Waals surface area contributed by atoms with Crippen LogP contribution in [0.4, 0.5) is 0 Å². The molecule has 1 aliphatic carbocycles. The van der Waals surface area contributed by atoms with Gasteiger partial charge < -0.3 is 9.47 Å². The van der Waals surface area contributed by atoms with E-state index in [0.29, 0.717) is 5.03 Å². The summed E-state index contributed by atoms with van der Waals surface area (Å²) in [5.74, 6) is -0.516. The van der Waals surface area contributed by atoms with Crippen LogP contribution in [-0.4, -0.2) is 18.0 Å². The fourth-order valence-electron chi connectivity index (χ4n) is 1.50. The van der Waals surface area contributed by atoms with Crippen LogP contribution in [0.2, 0.25) is 0 Å². The number of allylic oxidation sites excluding steroid dienone is 2. The summed E-state index contributed by atoms with van der Waals surface area (Å²) in [5.41, 5.74) is 0. The van der Waals surface area contributed by atoms with Crippen LogP contribution in [0.1, 0.15) is 13.8 Å². The fraction of sp³-hybridized carbons (Fsp3) is 0.556. The van der Waals surface area contributed by atoms with Crippen LogP contribution in [0.25, 0.3) is 0 Å². The number of rotatable bonds is 0. The highest BCUT2D eigenvalue weighted by molar-refractivity contribution is 6.30. The van der Waals surface area contributed by atoms with Crippen LogP contribution in [0, 0.1) is 0 Å². The van der Waals surface area contributed by atoms with Crippen LogP contribution < -0.4 is 0 Å². The van der Waals surface area contributed by atoms with E-state index < -0.39 is 5.79 Å². The molecule has 12 heavy (non-hydrogen) atoms. The molecule has 0 spiro atoms. The van der Waals surface area contributed by atoms with Crippen molar-refractivity contribution in [1.82, 2.24) is 0 Å². The third-order valence-electron chi connectivity index (χ3n) is 1.96. The van der Waals surface area contributed by atoms with Crippen molar-refractivity contribution in [2.75, 3.05) is 0 Å². The maximum atomic E-state index is 5.95. The zero-order chi connectivity index (χ0) is 8.77. The first-order chi connectivity index (χ1) is 5.58. The fourth-order valence-corrected chi connectivity index (χ4v) is 1.74. The number of hydrogen-bond donors (Lipinski definition) is 0. The van der Waals surface area contributed by atoms with E-state index in [1.807, 2.05) is 32.1 Å². The number of hydrogen-bond acceptors (Lipinski definition) is 2. The van der Waals surface area contributed by atoms with Gasteiger partial charge in [-0.15, -0.1) is 0 Å². The van der Waals surface area contributed by atoms with Crippen LogP contribution in [0.15, 0.2) is 23.3 Å². The van der Waals surface area contributed by atoms with Crippen molar-refractivity contribution in [3.8, 4) is 0 Å². The second kappa shape index (κ2) is 2.59. The van der Waals surface area contributed by atoms with E-state index in [-0.39, 0.29) is 12.2 Å². The number of fused-ring (bicyclic) bond motifs is 1. The van der Waals surface area contributed by atoms with Crippen molar-refractivity contribution in [1.29, 1.82) is 0 Å². The summed E-state index contributed by atoms with van der Waals surface area (Å²) in [4.78, 5) is 0. The van der Waals surface area contributed by atoms with Gasteiger partial charge in [0.25, 0.3) is 0 Å². The summed E-state index contributed by atoms with van der Waals surface area (Å²) in [7, 11) is 0. The molecule has 3 heteroatoms. The van der Waals surface area contributed by atoms with Crippen LogP contribution in [-0.2, 0) is 9.47 Å². The summed E-state index contributed by atoms with van der Waals surface area (Å²) in [6.45, 7) is 3.78. The van der Waals surface area contributed by atoms with Crippen LogP contribution >= 0.6 is 11.6 Å². The van der Waals surface area contributed by atoms with Gasteiger partial charge >= 0.3 is 0 Å². The van der Waals surface area contributed by atoms with E-state index in [1.165, 1.54) is 0 Å². The smallest absolute Gasteiger partial charge is 0.164 e. The Morgan fingerprint density at radius 1 is 1.42 bits per heavy atom. The Bertz CT molecular complexity index is 255. The van der Waals surface area contributed by atoms with Gasteiger partial charge in [0.2, 0.25) is 0 Å². The van der Waals surface area contributed by atoms with Gasteiger partial charge in [0.15, 0.2) is 5.79 Å². The Morgan fingerprint density at radius 3 is 2.83 bits per heavy atom. The zero-order valence-corrected chi connectivity index (χ0v) is 7.84. The largest absolute Gasteiger partial charge is 0.340 e. The molecular weight excluding hydrogens is 176 g/mol. The van der Waals surface area contributed by atoms with Gasteiger partial charge in [0.05, 0.1) is 0 Å². The molecule has 0 unspecified atom stereocenters. The molecular formula is C9H11ClO2. The Morgan fingerprint density at radius 2 is 2.17 bits per heavy atom. The minimum atomic E-state index is -0.516. The second-order valence-corrected chi connectivity index (χ2v) is 3.89. The first-order valence-corrected chi connectivity index (χ1v) is 4.36. The molecule has 1 aliphatic heterocycles. The first-order valence-electron chi connectivity index (χ1n) is 3.98. The van der Waals surface area contributed by atoms with E-state index in [1.54, 1.807) is 0 Å². The second-order valence-electron chi connectivity index (χ2n) is 3.46. The molecule has 0 saturated carbocycles. The number of halogens is 1. The molecule has 0 aromatic heterocycles. The Kier molecular flexibility index (Phi) is 1.79. The third-order valence-corrected chi connectivity index (χ3v) is 2.30. The van der Waals surface area contributed by atoms with Crippen molar-refractivity contribution < 1.29 is 9.47 Å². The third kappa shape index (κ3) is 1.30. The Balaban J connectivity index is 2.24. The highest BCUT2D eigenvalue weighted by atomic mass is 35.5. The summed E-state index contributed by atoms with van der Waals surface area (Å²) in [6, 6.07) is 0. The molecule has 0 N–H and O–H groups in total. The number of ether oxygens (including phenoxy) is 2. The molecule has 2 aliphatic rings. The molecule has 2 atom stereocenters. The van der Waals surface area contributed by atoms with E-state index >= 15 is 0 Å². The first kappa shape index (κ1) is 8.30. The zero-order valence-electron chi connectivity index (χ0n) is 7.08. The Labute approximate surface area is 76.8 Å². The monoisotopic (exact) mass is 186 g/mol. The molecule has 0 radical (unpaired) electrons. The van der Waals surface area contributed by atoms with Crippen LogP contribution in [0.5, 0.6) is 0 Å². The standard InChI is InChI=1S/C9H11ClO2/c1-9(2)11-7-5-3-4-6(10)8(7)12-9/h3-5,7-8H,1-2H3/t7-,8+/m0/s1. The molecule has 0 aromatic rings. The van der Waals surface area contributed by atoms with Gasteiger partial charge in [0.1, 0.15) is 12.2 Å². The molecule has 0 bridgehead atoms. The lowest BCUT2D eigenvalue weighted by atomic mass is 10.1. The summed E-state index contributed by atoms with van der Waals surface area (Å²) >= 11 is 5.95. The van der Waals surface area contributed by atoms with Gasteiger partial charge in [0, 0.05) is 5.03 Å².